The molecule has 4 bridgehead atoms. The first-order chi connectivity index (χ1) is 21.7. The van der Waals surface area contributed by atoms with Crippen LogP contribution in [0, 0.1) is 5.92 Å². The maximum absolute atomic E-state index is 13.5. The standard InChI is InChI=1S/C34H45N5O6S/c1-22-18-34(5,6)46(42)25-14-12-23(13-15-25)27-20-36-30(35)28(38-27)31(40)39-26-11-9-10-24(19-37-32(41)45-33(2,3)4)29(26)44-17-8-7-16-43-21-22/h9-15,20,22H,7-8,16-19,21H2,1-6H3,(H2,35,36)(H,37,41)(H,39,40). The summed E-state index contributed by atoms with van der Waals surface area (Å²) in [5.41, 5.74) is 7.59. The van der Waals surface area contributed by atoms with Crippen LogP contribution in [0.5, 0.6) is 5.75 Å². The Morgan fingerprint density at radius 3 is 2.61 bits per heavy atom. The van der Waals surface area contributed by atoms with E-state index in [0.29, 0.717) is 59.4 Å². The normalized spacial score (nSPS) is 19.4. The molecular formula is C34H45N5O6S. The number of amides is 2. The molecule has 3 heterocycles. The highest BCUT2D eigenvalue weighted by molar-refractivity contribution is 7.92. The summed E-state index contributed by atoms with van der Waals surface area (Å²) in [5.74, 6) is 0.0241. The third kappa shape index (κ3) is 9.57. The van der Waals surface area contributed by atoms with E-state index < -0.39 is 33.5 Å². The molecule has 2 aromatic carbocycles. The number of nitrogens with one attached hydrogen (secondary N) is 2. The number of fused-ring (bicyclic) bond motifs is 13. The van der Waals surface area contributed by atoms with E-state index in [9.17, 15) is 14.1 Å². The summed E-state index contributed by atoms with van der Waals surface area (Å²) in [4.78, 5) is 35.4. The molecule has 3 aromatic rings. The molecule has 46 heavy (non-hydrogen) atoms. The summed E-state index contributed by atoms with van der Waals surface area (Å²) in [6.45, 7) is 13.1. The Bertz CT molecular complexity index is 1510. The molecule has 248 valence electrons. The smallest absolute Gasteiger partial charge is 0.407 e. The molecule has 2 aliphatic rings. The van der Waals surface area contributed by atoms with Gasteiger partial charge in [-0.3, -0.25) is 4.79 Å². The number of hydrogen-bond acceptors (Lipinski definition) is 9. The zero-order valence-corrected chi connectivity index (χ0v) is 28.3. The maximum atomic E-state index is 13.5. The average molecular weight is 652 g/mol. The summed E-state index contributed by atoms with van der Waals surface area (Å²) in [6.07, 6.45) is 3.11. The number of benzene rings is 2. The predicted octanol–water partition coefficient (Wildman–Crippen LogP) is 6.10. The first kappa shape index (κ1) is 35.0. The number of nitrogens with two attached hydrogens (primary N) is 1. The molecule has 2 aliphatic heterocycles. The van der Waals surface area contributed by atoms with Gasteiger partial charge in [-0.1, -0.05) is 19.1 Å². The van der Waals surface area contributed by atoms with Gasteiger partial charge in [0.05, 0.1) is 24.2 Å². The van der Waals surface area contributed by atoms with E-state index in [1.165, 1.54) is 6.20 Å². The van der Waals surface area contributed by atoms with Crippen LogP contribution in [0.25, 0.3) is 11.3 Å². The average Bonchev–Trinajstić information content (AvgIpc) is 2.98. The highest BCUT2D eigenvalue weighted by Crippen LogP contribution is 2.33. The van der Waals surface area contributed by atoms with Crippen molar-refractivity contribution >= 4 is 34.7 Å². The Morgan fingerprint density at radius 1 is 1.17 bits per heavy atom. The second-order valence-electron chi connectivity index (χ2n) is 13.1. The Balaban J connectivity index is 1.65. The number of carbonyl (C=O) groups excluding carboxylic acids is 2. The van der Waals surface area contributed by atoms with Crippen molar-refractivity contribution in [1.29, 1.82) is 0 Å². The number of anilines is 2. The van der Waals surface area contributed by atoms with E-state index in [1.807, 2.05) is 44.2 Å². The summed E-state index contributed by atoms with van der Waals surface area (Å²) in [6, 6.07) is 12.5. The van der Waals surface area contributed by atoms with Gasteiger partial charge in [-0.05, 0) is 94.9 Å². The molecule has 2 atom stereocenters. The highest BCUT2D eigenvalue weighted by atomic mass is 32.2. The van der Waals surface area contributed by atoms with Crippen molar-refractivity contribution in [2.24, 2.45) is 5.92 Å². The van der Waals surface area contributed by atoms with E-state index in [1.54, 1.807) is 32.9 Å². The van der Waals surface area contributed by atoms with Gasteiger partial charge in [0.15, 0.2) is 16.4 Å². The van der Waals surface area contributed by atoms with Crippen molar-refractivity contribution in [3.8, 4) is 17.0 Å². The molecule has 2 unspecified atom stereocenters. The minimum atomic E-state index is -1.25. The quantitative estimate of drug-likeness (QED) is 0.278. The topological polar surface area (TPSA) is 161 Å². The van der Waals surface area contributed by atoms with Crippen molar-refractivity contribution < 1.29 is 28.4 Å². The zero-order chi connectivity index (χ0) is 33.5. The van der Waals surface area contributed by atoms with Crippen LogP contribution in [-0.4, -0.2) is 56.7 Å². The van der Waals surface area contributed by atoms with Crippen LogP contribution in [0.15, 0.2) is 53.6 Å². The molecule has 0 saturated heterocycles. The number of nitrogens with zero attached hydrogens (tertiary/aromatic N) is 2. The Kier molecular flexibility index (Phi) is 11.5. The molecule has 0 radical (unpaired) electrons. The van der Waals surface area contributed by atoms with Crippen LogP contribution in [0.4, 0.5) is 16.3 Å². The molecule has 4 N–H and O–H groups in total. The van der Waals surface area contributed by atoms with E-state index in [2.05, 4.69) is 27.5 Å². The molecular weight excluding hydrogens is 606 g/mol. The van der Waals surface area contributed by atoms with Crippen molar-refractivity contribution in [2.45, 2.75) is 82.6 Å². The Hall–Kier alpha value is -3.87. The fourth-order valence-electron chi connectivity index (χ4n) is 5.17. The second-order valence-corrected chi connectivity index (χ2v) is 15.2. The lowest BCUT2D eigenvalue weighted by molar-refractivity contribution is 0.0523. The summed E-state index contributed by atoms with van der Waals surface area (Å²) < 4.78 is 30.6. The van der Waals surface area contributed by atoms with Crippen LogP contribution in [0.3, 0.4) is 0 Å². The van der Waals surface area contributed by atoms with Crippen molar-refractivity contribution in [2.75, 3.05) is 30.9 Å². The SMILES string of the molecule is CC1COCCCCOc2c(CNC(=O)OC(C)(C)C)cccc2NC(=O)c2nc(cnc2N)-c2ccc(cc2)[S+]([O-])C(C)(C)C1. The van der Waals surface area contributed by atoms with Crippen molar-refractivity contribution in [1.82, 2.24) is 15.3 Å². The fourth-order valence-corrected chi connectivity index (χ4v) is 6.62. The van der Waals surface area contributed by atoms with Crippen molar-refractivity contribution in [3.63, 3.8) is 0 Å². The number of nitrogen functional groups attached to an aromatic ring is 1. The van der Waals surface area contributed by atoms with E-state index in [-0.39, 0.29) is 24.0 Å². The molecule has 0 saturated carbocycles. The van der Waals surface area contributed by atoms with Crippen LogP contribution < -0.4 is 21.1 Å². The van der Waals surface area contributed by atoms with Gasteiger partial charge in [-0.15, -0.1) is 0 Å². The van der Waals surface area contributed by atoms with Gasteiger partial charge in [0.2, 0.25) is 0 Å². The van der Waals surface area contributed by atoms with E-state index >= 15 is 0 Å². The maximum Gasteiger partial charge on any atom is 0.407 e. The minimum absolute atomic E-state index is 0.0329. The van der Waals surface area contributed by atoms with Crippen LogP contribution in [0.2, 0.25) is 0 Å². The number of para-hydroxylation sites is 1. The molecule has 5 rings (SSSR count). The fraction of sp³-hybridized carbons (Fsp3) is 0.471. The minimum Gasteiger partial charge on any atom is -0.611 e. The summed E-state index contributed by atoms with van der Waals surface area (Å²) in [5, 5.41) is 5.63. The zero-order valence-electron chi connectivity index (χ0n) is 27.5. The van der Waals surface area contributed by atoms with Gasteiger partial charge in [0.1, 0.15) is 16.1 Å². The number of rotatable bonds is 2. The molecule has 11 nitrogen and oxygen atoms in total. The third-order valence-corrected chi connectivity index (χ3v) is 9.09. The third-order valence-electron chi connectivity index (χ3n) is 7.22. The second kappa shape index (κ2) is 15.1. The Morgan fingerprint density at radius 2 is 1.89 bits per heavy atom. The summed E-state index contributed by atoms with van der Waals surface area (Å²) >= 11 is -1.25. The van der Waals surface area contributed by atoms with Gasteiger partial charge >= 0.3 is 6.09 Å². The first-order valence-corrected chi connectivity index (χ1v) is 16.6. The van der Waals surface area contributed by atoms with Gasteiger partial charge in [0, 0.05) is 37.3 Å². The lowest BCUT2D eigenvalue weighted by Gasteiger charge is -2.30. The van der Waals surface area contributed by atoms with Crippen LogP contribution in [-0.2, 0) is 27.2 Å². The number of aromatic nitrogens is 2. The highest BCUT2D eigenvalue weighted by Gasteiger charge is 2.35. The molecule has 2 amide bonds. The Labute approximate surface area is 274 Å². The van der Waals surface area contributed by atoms with Crippen LogP contribution >= 0.6 is 0 Å². The number of hydrogen-bond donors (Lipinski definition) is 3. The van der Waals surface area contributed by atoms with E-state index in [4.69, 9.17) is 19.9 Å². The summed E-state index contributed by atoms with van der Waals surface area (Å²) in [7, 11) is 0. The molecule has 12 heteroatoms. The lowest BCUT2D eigenvalue weighted by Crippen LogP contribution is -2.34. The van der Waals surface area contributed by atoms with Gasteiger partial charge in [-0.2, -0.15) is 0 Å². The van der Waals surface area contributed by atoms with Crippen LogP contribution in [0.1, 0.15) is 76.9 Å². The van der Waals surface area contributed by atoms with E-state index in [0.717, 1.165) is 12.8 Å². The number of ether oxygens (including phenoxy) is 3. The molecule has 1 aromatic heterocycles. The number of carbonyl (C=O) groups is 2. The lowest BCUT2D eigenvalue weighted by atomic mass is 9.99. The molecule has 0 spiro atoms. The predicted molar refractivity (Wildman–Crippen MR) is 179 cm³/mol. The largest absolute Gasteiger partial charge is 0.611 e. The van der Waals surface area contributed by atoms with Gasteiger partial charge < -0.3 is 35.1 Å². The number of alkyl carbamates (subject to hydrolysis) is 1. The van der Waals surface area contributed by atoms with Gasteiger partial charge in [-0.25, -0.2) is 14.8 Å². The first-order valence-electron chi connectivity index (χ1n) is 15.5. The molecule has 0 aliphatic carbocycles. The monoisotopic (exact) mass is 651 g/mol. The molecule has 0 fully saturated rings. The van der Waals surface area contributed by atoms with Crippen molar-refractivity contribution in [3.05, 3.63) is 59.9 Å². The van der Waals surface area contributed by atoms with Gasteiger partial charge in [0.25, 0.3) is 5.91 Å².